The third-order valence-corrected chi connectivity index (χ3v) is 4.54. The van der Waals surface area contributed by atoms with Crippen LogP contribution in [0.3, 0.4) is 0 Å². The summed E-state index contributed by atoms with van der Waals surface area (Å²) in [5.74, 6) is 1.41. The maximum Gasteiger partial charge on any atom is 0.264 e. The fourth-order valence-corrected chi connectivity index (χ4v) is 3.16. The summed E-state index contributed by atoms with van der Waals surface area (Å²) in [5, 5.41) is 8.77. The lowest BCUT2D eigenvalue weighted by Gasteiger charge is -2.00. The Morgan fingerprint density at radius 3 is 2.64 bits per heavy atom. The van der Waals surface area contributed by atoms with Crippen molar-refractivity contribution in [2.24, 2.45) is 0 Å². The second kappa shape index (κ2) is 6.46. The maximum absolute atomic E-state index is 6.29. The summed E-state index contributed by atoms with van der Waals surface area (Å²) in [6.07, 6.45) is 0. The Morgan fingerprint density at radius 2 is 1.84 bits per heavy atom. The molecule has 0 amide bonds. The molecule has 0 aliphatic heterocycles. The topological polar surface area (TPSA) is 65.0 Å². The molecule has 0 spiro atoms. The number of nitrogens with zero attached hydrogens (tertiary/aromatic N) is 3. The summed E-state index contributed by atoms with van der Waals surface area (Å²) in [6, 6.07) is 15.1. The lowest BCUT2D eigenvalue weighted by Crippen LogP contribution is -1.86. The van der Waals surface area contributed by atoms with Crippen LogP contribution in [-0.4, -0.2) is 15.3 Å². The number of benzene rings is 2. The van der Waals surface area contributed by atoms with Crippen molar-refractivity contribution in [1.82, 2.24) is 15.3 Å². The first-order valence-electron chi connectivity index (χ1n) is 7.44. The molecular weight excluding hydrogens is 406 g/mol. The van der Waals surface area contributed by atoms with Crippen LogP contribution < -0.4 is 0 Å². The number of aromatic nitrogens is 3. The molecule has 4 rings (SSSR count). The lowest BCUT2D eigenvalue weighted by atomic mass is 10.1. The molecular formula is C18H11BrClN3O2. The first-order valence-corrected chi connectivity index (χ1v) is 8.62. The van der Waals surface area contributed by atoms with Crippen LogP contribution in [0.2, 0.25) is 5.02 Å². The predicted octanol–water partition coefficient (Wildman–Crippen LogP) is 5.78. The number of rotatable bonds is 3. The minimum absolute atomic E-state index is 0.337. The van der Waals surface area contributed by atoms with Gasteiger partial charge in [-0.15, -0.1) is 0 Å². The first kappa shape index (κ1) is 16.1. The molecule has 7 heteroatoms. The highest BCUT2D eigenvalue weighted by Crippen LogP contribution is 2.37. The highest BCUT2D eigenvalue weighted by molar-refractivity contribution is 9.10. The van der Waals surface area contributed by atoms with E-state index in [1.54, 1.807) is 13.0 Å². The normalized spacial score (nSPS) is 11.0. The van der Waals surface area contributed by atoms with Crippen LogP contribution in [0.5, 0.6) is 0 Å². The Balaban J connectivity index is 1.82. The molecule has 0 aliphatic carbocycles. The van der Waals surface area contributed by atoms with E-state index in [0.717, 1.165) is 15.6 Å². The lowest BCUT2D eigenvalue weighted by molar-refractivity contribution is 0.397. The molecule has 0 aliphatic rings. The van der Waals surface area contributed by atoms with Gasteiger partial charge < -0.3 is 9.05 Å². The van der Waals surface area contributed by atoms with E-state index in [-0.39, 0.29) is 0 Å². The molecule has 0 bridgehead atoms. The van der Waals surface area contributed by atoms with Crippen LogP contribution in [0.1, 0.15) is 5.76 Å². The van der Waals surface area contributed by atoms with E-state index in [9.17, 15) is 0 Å². The Hall–Kier alpha value is -2.44. The SMILES string of the molecule is Cc1onc(-c2ccccc2Cl)c1-c1nc(-c2cccc(Br)c2)no1. The van der Waals surface area contributed by atoms with Gasteiger partial charge in [-0.2, -0.15) is 4.98 Å². The summed E-state index contributed by atoms with van der Waals surface area (Å²) in [7, 11) is 0. The Kier molecular flexibility index (Phi) is 4.15. The molecule has 2 aromatic carbocycles. The molecule has 0 N–H and O–H groups in total. The molecule has 0 saturated heterocycles. The zero-order chi connectivity index (χ0) is 17.4. The van der Waals surface area contributed by atoms with Crippen molar-refractivity contribution in [3.63, 3.8) is 0 Å². The van der Waals surface area contributed by atoms with Crippen molar-refractivity contribution in [3.8, 4) is 34.1 Å². The summed E-state index contributed by atoms with van der Waals surface area (Å²) in [5.41, 5.74) is 2.81. The molecule has 4 aromatic rings. The molecule has 0 saturated carbocycles. The van der Waals surface area contributed by atoms with Gasteiger partial charge in [-0.3, -0.25) is 0 Å². The first-order chi connectivity index (χ1) is 12.1. The molecule has 0 radical (unpaired) electrons. The van der Waals surface area contributed by atoms with Crippen LogP contribution in [0.25, 0.3) is 34.1 Å². The van der Waals surface area contributed by atoms with Crippen molar-refractivity contribution in [1.29, 1.82) is 0 Å². The monoisotopic (exact) mass is 415 g/mol. The second-order valence-electron chi connectivity index (χ2n) is 5.38. The molecule has 2 heterocycles. The van der Waals surface area contributed by atoms with Crippen molar-refractivity contribution in [3.05, 3.63) is 63.8 Å². The highest BCUT2D eigenvalue weighted by atomic mass is 79.9. The number of halogens is 2. The van der Waals surface area contributed by atoms with Gasteiger partial charge in [0.05, 0.1) is 5.02 Å². The number of hydrogen-bond donors (Lipinski definition) is 0. The Morgan fingerprint density at radius 1 is 1.00 bits per heavy atom. The molecule has 2 aromatic heterocycles. The Labute approximate surface area is 156 Å². The van der Waals surface area contributed by atoms with Crippen LogP contribution in [0.15, 0.2) is 62.0 Å². The smallest absolute Gasteiger partial charge is 0.264 e. The summed E-state index contributed by atoms with van der Waals surface area (Å²) in [6.45, 7) is 1.80. The van der Waals surface area contributed by atoms with Crippen LogP contribution in [-0.2, 0) is 0 Å². The second-order valence-corrected chi connectivity index (χ2v) is 6.70. The zero-order valence-electron chi connectivity index (χ0n) is 13.0. The van der Waals surface area contributed by atoms with Gasteiger partial charge in [0.2, 0.25) is 5.82 Å². The third-order valence-electron chi connectivity index (χ3n) is 3.71. The van der Waals surface area contributed by atoms with Crippen LogP contribution in [0.4, 0.5) is 0 Å². The summed E-state index contributed by atoms with van der Waals surface area (Å²) >= 11 is 9.73. The molecule has 0 fully saturated rings. The fraction of sp³-hybridized carbons (Fsp3) is 0.0556. The van der Waals surface area contributed by atoms with Gasteiger partial charge in [-0.05, 0) is 25.1 Å². The average molecular weight is 417 g/mol. The Bertz CT molecular complexity index is 1060. The zero-order valence-corrected chi connectivity index (χ0v) is 15.4. The van der Waals surface area contributed by atoms with E-state index in [1.807, 2.05) is 42.5 Å². The number of aryl methyl sites for hydroxylation is 1. The molecule has 124 valence electrons. The van der Waals surface area contributed by atoms with Crippen LogP contribution >= 0.6 is 27.5 Å². The van der Waals surface area contributed by atoms with E-state index in [4.69, 9.17) is 20.6 Å². The predicted molar refractivity (Wildman–Crippen MR) is 98.1 cm³/mol. The van der Waals surface area contributed by atoms with E-state index >= 15 is 0 Å². The standard InChI is InChI=1S/C18H11BrClN3O2/c1-10-15(16(22-24-10)13-7-2-3-8-14(13)20)18-21-17(23-25-18)11-5-4-6-12(19)9-11/h2-9H,1H3. The van der Waals surface area contributed by atoms with Gasteiger partial charge in [-0.1, -0.05) is 68.2 Å². The largest absolute Gasteiger partial charge is 0.360 e. The summed E-state index contributed by atoms with van der Waals surface area (Å²) < 4.78 is 11.8. The van der Waals surface area contributed by atoms with E-state index in [0.29, 0.717) is 33.8 Å². The fourth-order valence-electron chi connectivity index (χ4n) is 2.53. The third kappa shape index (κ3) is 2.99. The average Bonchev–Trinajstić information content (AvgIpc) is 3.22. The minimum atomic E-state index is 0.337. The van der Waals surface area contributed by atoms with Gasteiger partial charge in [0.15, 0.2) is 0 Å². The highest BCUT2D eigenvalue weighted by Gasteiger charge is 2.23. The molecule has 5 nitrogen and oxygen atoms in total. The van der Waals surface area contributed by atoms with Gasteiger partial charge in [-0.25, -0.2) is 0 Å². The maximum atomic E-state index is 6.29. The van der Waals surface area contributed by atoms with Gasteiger partial charge in [0.1, 0.15) is 17.0 Å². The summed E-state index contributed by atoms with van der Waals surface area (Å²) in [4.78, 5) is 4.50. The molecule has 0 atom stereocenters. The molecule has 25 heavy (non-hydrogen) atoms. The van der Waals surface area contributed by atoms with Gasteiger partial charge >= 0.3 is 0 Å². The van der Waals surface area contributed by atoms with Crippen molar-refractivity contribution < 1.29 is 9.05 Å². The van der Waals surface area contributed by atoms with Crippen molar-refractivity contribution in [2.75, 3.05) is 0 Å². The van der Waals surface area contributed by atoms with E-state index in [1.165, 1.54) is 0 Å². The van der Waals surface area contributed by atoms with Crippen molar-refractivity contribution >= 4 is 27.5 Å². The van der Waals surface area contributed by atoms with Gasteiger partial charge in [0, 0.05) is 15.6 Å². The van der Waals surface area contributed by atoms with Crippen LogP contribution in [0, 0.1) is 6.92 Å². The number of hydrogen-bond acceptors (Lipinski definition) is 5. The van der Waals surface area contributed by atoms with Gasteiger partial charge in [0.25, 0.3) is 5.89 Å². The van der Waals surface area contributed by atoms with E-state index < -0.39 is 0 Å². The van der Waals surface area contributed by atoms with Crippen molar-refractivity contribution in [2.45, 2.75) is 6.92 Å². The van der Waals surface area contributed by atoms with E-state index in [2.05, 4.69) is 31.2 Å². The molecule has 0 unspecified atom stereocenters. The minimum Gasteiger partial charge on any atom is -0.360 e. The quantitative estimate of drug-likeness (QED) is 0.423.